The van der Waals surface area contributed by atoms with Crippen LogP contribution in [0.4, 0.5) is 17.6 Å². The number of benzene rings is 3. The molecule has 0 heterocycles. The van der Waals surface area contributed by atoms with Crippen molar-refractivity contribution in [3.8, 4) is 0 Å². The summed E-state index contributed by atoms with van der Waals surface area (Å²) in [6.07, 6.45) is -4.60. The molecule has 0 spiro atoms. The summed E-state index contributed by atoms with van der Waals surface area (Å²) in [6.45, 7) is 5.87. The van der Waals surface area contributed by atoms with E-state index in [9.17, 15) is 17.6 Å². The van der Waals surface area contributed by atoms with Gasteiger partial charge in [0.15, 0.2) is 14.7 Å². The van der Waals surface area contributed by atoms with Crippen LogP contribution in [-0.2, 0) is 17.1 Å². The van der Waals surface area contributed by atoms with Gasteiger partial charge in [-0.3, -0.25) is 0 Å². The molecule has 0 bridgehead atoms. The summed E-state index contributed by atoms with van der Waals surface area (Å²) in [5.74, 6) is -0.879. The smallest absolute Gasteiger partial charge is 0.207 e. The zero-order chi connectivity index (χ0) is 19.8. The Bertz CT molecular complexity index is 939. The first kappa shape index (κ1) is 19.5. The van der Waals surface area contributed by atoms with Crippen LogP contribution in [0.3, 0.4) is 0 Å². The molecular weight excluding hydrogens is 372 g/mol. The van der Waals surface area contributed by atoms with Crippen molar-refractivity contribution in [3.05, 3.63) is 88.7 Å². The molecule has 27 heavy (non-hydrogen) atoms. The maximum Gasteiger partial charge on any atom is 0.416 e. The Morgan fingerprint density at radius 3 is 1.89 bits per heavy atom. The van der Waals surface area contributed by atoms with Crippen molar-refractivity contribution in [2.45, 2.75) is 41.6 Å². The number of hydrogen-bond donors (Lipinski definition) is 0. The van der Waals surface area contributed by atoms with E-state index in [-0.39, 0.29) is 0 Å². The number of rotatable bonds is 3. The van der Waals surface area contributed by atoms with Crippen molar-refractivity contribution in [3.63, 3.8) is 0 Å². The van der Waals surface area contributed by atoms with Gasteiger partial charge in [0.25, 0.3) is 0 Å². The second kappa shape index (κ2) is 7.39. The summed E-state index contributed by atoms with van der Waals surface area (Å²) in [7, 11) is -0.841. The molecule has 0 aliphatic heterocycles. The molecule has 0 nitrogen and oxygen atoms in total. The van der Waals surface area contributed by atoms with E-state index in [1.54, 1.807) is 0 Å². The predicted octanol–water partition coefficient (Wildman–Crippen LogP) is 6.87. The molecule has 1 atom stereocenters. The number of halogens is 4. The molecule has 0 N–H and O–H groups in total. The van der Waals surface area contributed by atoms with Crippen molar-refractivity contribution < 1.29 is 17.6 Å². The zero-order valence-corrected chi connectivity index (χ0v) is 16.0. The van der Waals surface area contributed by atoms with Gasteiger partial charge in [0.2, 0.25) is 0 Å². The zero-order valence-electron chi connectivity index (χ0n) is 15.2. The van der Waals surface area contributed by atoms with Crippen LogP contribution in [-0.4, -0.2) is 0 Å². The highest BCUT2D eigenvalue weighted by Gasteiger charge is 2.37. The molecule has 3 aromatic carbocycles. The first-order valence-corrected chi connectivity index (χ1v) is 9.64. The summed E-state index contributed by atoms with van der Waals surface area (Å²) >= 11 is 0. The molecule has 0 amide bonds. The predicted molar refractivity (Wildman–Crippen MR) is 101 cm³/mol. The Labute approximate surface area is 159 Å². The summed E-state index contributed by atoms with van der Waals surface area (Å²) in [6, 6.07) is 16.1. The summed E-state index contributed by atoms with van der Waals surface area (Å²) in [5, 5.41) is 0. The van der Waals surface area contributed by atoms with E-state index in [4.69, 9.17) is 0 Å². The van der Waals surface area contributed by atoms with E-state index in [1.807, 2.05) is 63.2 Å². The molecule has 0 fully saturated rings. The number of hydrogen-bond acceptors (Lipinski definition) is 0. The molecule has 3 aromatic rings. The minimum Gasteiger partial charge on any atom is -0.207 e. The molecular formula is C22H19F4S+. The Balaban J connectivity index is 2.29. The van der Waals surface area contributed by atoms with Gasteiger partial charge in [-0.05, 0) is 39.0 Å². The van der Waals surface area contributed by atoms with Crippen LogP contribution in [0.5, 0.6) is 0 Å². The Morgan fingerprint density at radius 2 is 1.33 bits per heavy atom. The fourth-order valence-electron chi connectivity index (χ4n) is 3.26. The summed E-state index contributed by atoms with van der Waals surface area (Å²) < 4.78 is 53.9. The van der Waals surface area contributed by atoms with Gasteiger partial charge in [-0.1, -0.05) is 35.9 Å². The summed E-state index contributed by atoms with van der Waals surface area (Å²) in [5.41, 5.74) is 2.09. The third-order valence-electron chi connectivity index (χ3n) is 4.22. The molecule has 140 valence electrons. The lowest BCUT2D eigenvalue weighted by atomic mass is 10.1. The second-order valence-electron chi connectivity index (χ2n) is 6.52. The van der Waals surface area contributed by atoms with Crippen LogP contribution >= 0.6 is 0 Å². The average molecular weight is 391 g/mol. The topological polar surface area (TPSA) is 0 Å². The number of aryl methyl sites for hydroxylation is 3. The van der Waals surface area contributed by atoms with Crippen molar-refractivity contribution in [2.24, 2.45) is 0 Å². The van der Waals surface area contributed by atoms with Crippen molar-refractivity contribution in [1.29, 1.82) is 0 Å². The van der Waals surface area contributed by atoms with Gasteiger partial charge >= 0.3 is 6.18 Å². The monoisotopic (exact) mass is 391 g/mol. The van der Waals surface area contributed by atoms with Gasteiger partial charge in [0, 0.05) is 23.3 Å². The van der Waals surface area contributed by atoms with Crippen molar-refractivity contribution in [1.82, 2.24) is 0 Å². The molecule has 5 heteroatoms. The SMILES string of the molecule is Cc1cc(C)c([S+](c2ccccc2)c2cc(F)cc(C(F)(F)F)c2)c(C)c1. The van der Waals surface area contributed by atoms with Gasteiger partial charge in [-0.15, -0.1) is 0 Å². The van der Waals surface area contributed by atoms with Crippen LogP contribution in [0.25, 0.3) is 0 Å². The van der Waals surface area contributed by atoms with Crippen LogP contribution in [0, 0.1) is 26.6 Å². The highest BCUT2D eigenvalue weighted by molar-refractivity contribution is 7.97. The Morgan fingerprint density at radius 1 is 0.741 bits per heavy atom. The van der Waals surface area contributed by atoms with E-state index < -0.39 is 28.5 Å². The molecule has 1 unspecified atom stereocenters. The lowest BCUT2D eigenvalue weighted by Gasteiger charge is -2.15. The molecule has 0 saturated heterocycles. The molecule has 0 aromatic heterocycles. The molecule has 3 rings (SSSR count). The number of alkyl halides is 3. The molecule has 0 aliphatic rings. The molecule has 0 aliphatic carbocycles. The van der Waals surface area contributed by atoms with Gasteiger partial charge in [-0.25, -0.2) is 4.39 Å². The second-order valence-corrected chi connectivity index (χ2v) is 8.48. The molecule has 0 radical (unpaired) electrons. The highest BCUT2D eigenvalue weighted by Crippen LogP contribution is 2.39. The van der Waals surface area contributed by atoms with E-state index >= 15 is 0 Å². The van der Waals surface area contributed by atoms with Gasteiger partial charge in [-0.2, -0.15) is 13.2 Å². The third-order valence-corrected chi connectivity index (χ3v) is 6.72. The Hall–Kier alpha value is -2.27. The van der Waals surface area contributed by atoms with Crippen LogP contribution in [0.2, 0.25) is 0 Å². The summed E-state index contributed by atoms with van der Waals surface area (Å²) in [4.78, 5) is 2.11. The fourth-order valence-corrected chi connectivity index (χ4v) is 5.67. The van der Waals surface area contributed by atoms with Crippen molar-refractivity contribution >= 4 is 10.9 Å². The standard InChI is InChI=1S/C22H19F4S/c1-14-9-15(2)21(16(3)10-14)27(19-7-5-4-6-8-19)20-12-17(22(24,25)26)11-18(23)13-20/h4-13H,1-3H3/q+1. The quantitative estimate of drug-likeness (QED) is 0.338. The fraction of sp³-hybridized carbons (Fsp3) is 0.182. The van der Waals surface area contributed by atoms with Gasteiger partial charge < -0.3 is 0 Å². The first-order valence-electron chi connectivity index (χ1n) is 8.42. The minimum atomic E-state index is -4.60. The van der Waals surface area contributed by atoms with E-state index in [0.29, 0.717) is 11.0 Å². The van der Waals surface area contributed by atoms with Gasteiger partial charge in [0.05, 0.1) is 16.5 Å². The molecule has 0 saturated carbocycles. The lowest BCUT2D eigenvalue weighted by Crippen LogP contribution is -2.12. The first-order chi connectivity index (χ1) is 12.7. The minimum absolute atomic E-state index is 0.323. The third kappa shape index (κ3) is 4.19. The van der Waals surface area contributed by atoms with Crippen LogP contribution in [0.1, 0.15) is 22.3 Å². The maximum atomic E-state index is 14.1. The van der Waals surface area contributed by atoms with Crippen molar-refractivity contribution in [2.75, 3.05) is 0 Å². The largest absolute Gasteiger partial charge is 0.416 e. The van der Waals surface area contributed by atoms with Crippen LogP contribution in [0.15, 0.2) is 75.4 Å². The Kier molecular flexibility index (Phi) is 5.33. The van der Waals surface area contributed by atoms with E-state index in [2.05, 4.69) is 0 Å². The normalized spacial score (nSPS) is 12.9. The lowest BCUT2D eigenvalue weighted by molar-refractivity contribution is -0.137. The van der Waals surface area contributed by atoms with Crippen LogP contribution < -0.4 is 0 Å². The van der Waals surface area contributed by atoms with Gasteiger partial charge in [0.1, 0.15) is 5.82 Å². The van der Waals surface area contributed by atoms with E-state index in [0.717, 1.165) is 32.5 Å². The highest BCUT2D eigenvalue weighted by atomic mass is 32.2. The maximum absolute atomic E-state index is 14.1. The van der Waals surface area contributed by atoms with E-state index in [1.165, 1.54) is 6.07 Å². The average Bonchev–Trinajstić information content (AvgIpc) is 2.57.